The van der Waals surface area contributed by atoms with Crippen LogP contribution in [-0.4, -0.2) is 31.7 Å². The van der Waals surface area contributed by atoms with Gasteiger partial charge in [0, 0.05) is 11.8 Å². The number of nitrogens with zero attached hydrogens (tertiary/aromatic N) is 5. The Kier molecular flexibility index (Phi) is 4.46. The van der Waals surface area contributed by atoms with E-state index in [9.17, 15) is 0 Å². The van der Waals surface area contributed by atoms with Crippen molar-refractivity contribution in [3.05, 3.63) is 78.5 Å². The summed E-state index contributed by atoms with van der Waals surface area (Å²) in [5.74, 6) is 0.760. The summed E-state index contributed by atoms with van der Waals surface area (Å²) in [6, 6.07) is 16.4. The number of aromatic nitrogens is 5. The van der Waals surface area contributed by atoms with Crippen molar-refractivity contribution in [1.82, 2.24) is 24.5 Å². The summed E-state index contributed by atoms with van der Waals surface area (Å²) in [6.07, 6.45) is 5.72. The summed E-state index contributed by atoms with van der Waals surface area (Å²) in [5.41, 5.74) is 4.85. The number of benzene rings is 2. The Hall–Kier alpha value is -3.41. The van der Waals surface area contributed by atoms with Gasteiger partial charge in [0.05, 0.1) is 37.1 Å². The molecule has 4 aromatic rings. The van der Waals surface area contributed by atoms with Gasteiger partial charge in [-0.2, -0.15) is 0 Å². The molecule has 0 saturated carbocycles. The lowest BCUT2D eigenvalue weighted by molar-refractivity contribution is 0.413. The molecule has 0 amide bonds. The quantitative estimate of drug-likeness (QED) is 0.539. The zero-order chi connectivity index (χ0) is 18.8. The molecule has 0 N–H and O–H groups in total. The molecular formula is C21H21N5O. The molecule has 6 nitrogen and oxygen atoms in total. The first-order valence-electron chi connectivity index (χ1n) is 8.82. The van der Waals surface area contributed by atoms with E-state index in [1.807, 2.05) is 65.0 Å². The van der Waals surface area contributed by atoms with Crippen molar-refractivity contribution in [2.45, 2.75) is 19.9 Å². The van der Waals surface area contributed by atoms with Crippen LogP contribution in [0.1, 0.15) is 24.2 Å². The first kappa shape index (κ1) is 17.0. The maximum atomic E-state index is 5.59. The van der Waals surface area contributed by atoms with Crippen LogP contribution in [0.3, 0.4) is 0 Å². The molecular weight excluding hydrogens is 338 g/mol. The molecule has 27 heavy (non-hydrogen) atoms. The normalized spacial score (nSPS) is 12.1. The van der Waals surface area contributed by atoms with Gasteiger partial charge in [0.15, 0.2) is 0 Å². The van der Waals surface area contributed by atoms with Gasteiger partial charge >= 0.3 is 0 Å². The van der Waals surface area contributed by atoms with E-state index in [2.05, 4.69) is 34.4 Å². The topological polar surface area (TPSA) is 57.8 Å². The van der Waals surface area contributed by atoms with E-state index < -0.39 is 0 Å². The predicted octanol–water partition coefficient (Wildman–Crippen LogP) is 4.06. The number of hydrogen-bond donors (Lipinski definition) is 0. The minimum Gasteiger partial charge on any atom is -0.495 e. The first-order valence-corrected chi connectivity index (χ1v) is 8.82. The Morgan fingerprint density at radius 3 is 2.56 bits per heavy atom. The predicted molar refractivity (Wildman–Crippen MR) is 104 cm³/mol. The Morgan fingerprint density at radius 2 is 1.85 bits per heavy atom. The van der Waals surface area contributed by atoms with Crippen LogP contribution in [0.25, 0.3) is 16.9 Å². The lowest BCUT2D eigenvalue weighted by Crippen LogP contribution is -2.07. The molecule has 0 aliphatic rings. The van der Waals surface area contributed by atoms with Crippen LogP contribution >= 0.6 is 0 Å². The molecule has 0 saturated heterocycles. The van der Waals surface area contributed by atoms with Crippen LogP contribution < -0.4 is 4.74 Å². The zero-order valence-corrected chi connectivity index (χ0v) is 15.6. The lowest BCUT2D eigenvalue weighted by Gasteiger charge is -2.11. The number of ether oxygens (including phenoxy) is 1. The van der Waals surface area contributed by atoms with Gasteiger partial charge in [0.25, 0.3) is 0 Å². The number of rotatable bonds is 5. The standard InChI is InChI=1S/C21H21N5O/c1-15-12-25(14-22-15)20-10-9-18(11-21(20)27-3)19-13-26(24-23-19)16(2)17-7-5-4-6-8-17/h4-14,16H,1-3H3. The van der Waals surface area contributed by atoms with E-state index >= 15 is 0 Å². The van der Waals surface area contributed by atoms with Gasteiger partial charge in [0.2, 0.25) is 0 Å². The van der Waals surface area contributed by atoms with Gasteiger partial charge in [-0.1, -0.05) is 41.6 Å². The summed E-state index contributed by atoms with van der Waals surface area (Å²) >= 11 is 0. The highest BCUT2D eigenvalue weighted by molar-refractivity contribution is 5.64. The van der Waals surface area contributed by atoms with E-state index in [0.29, 0.717) is 0 Å². The summed E-state index contributed by atoms with van der Waals surface area (Å²) < 4.78 is 9.42. The first-order chi connectivity index (χ1) is 13.2. The molecule has 6 heteroatoms. The molecule has 2 aromatic heterocycles. The molecule has 1 atom stereocenters. The fraction of sp³-hybridized carbons (Fsp3) is 0.190. The SMILES string of the molecule is COc1cc(-c2cn(C(C)c3ccccc3)nn2)ccc1-n1cnc(C)c1. The van der Waals surface area contributed by atoms with Crippen molar-refractivity contribution in [3.63, 3.8) is 0 Å². The van der Waals surface area contributed by atoms with Crippen LogP contribution in [0.5, 0.6) is 5.75 Å². The highest BCUT2D eigenvalue weighted by Crippen LogP contribution is 2.29. The second kappa shape index (κ2) is 7.07. The van der Waals surface area contributed by atoms with Gasteiger partial charge in [-0.15, -0.1) is 5.10 Å². The molecule has 0 radical (unpaired) electrons. The second-order valence-corrected chi connectivity index (χ2v) is 6.48. The fourth-order valence-corrected chi connectivity index (χ4v) is 3.09. The van der Waals surface area contributed by atoms with Crippen molar-refractivity contribution in [3.8, 4) is 22.7 Å². The van der Waals surface area contributed by atoms with Gasteiger partial charge in [-0.25, -0.2) is 9.67 Å². The van der Waals surface area contributed by atoms with Crippen LogP contribution in [0.15, 0.2) is 67.3 Å². The van der Waals surface area contributed by atoms with Crippen molar-refractivity contribution in [2.75, 3.05) is 7.11 Å². The van der Waals surface area contributed by atoms with Crippen molar-refractivity contribution in [2.24, 2.45) is 0 Å². The number of methoxy groups -OCH3 is 1. The molecule has 0 spiro atoms. The van der Waals surface area contributed by atoms with Gasteiger partial charge in [0.1, 0.15) is 11.4 Å². The minimum atomic E-state index is 0.113. The Balaban J connectivity index is 1.65. The van der Waals surface area contributed by atoms with Crippen molar-refractivity contribution >= 4 is 0 Å². The van der Waals surface area contributed by atoms with Gasteiger partial charge < -0.3 is 9.30 Å². The van der Waals surface area contributed by atoms with Crippen molar-refractivity contribution in [1.29, 1.82) is 0 Å². The Bertz CT molecular complexity index is 1050. The lowest BCUT2D eigenvalue weighted by atomic mass is 10.1. The van der Waals surface area contributed by atoms with E-state index in [-0.39, 0.29) is 6.04 Å². The number of hydrogen-bond acceptors (Lipinski definition) is 4. The number of imidazole rings is 1. The van der Waals surface area contributed by atoms with E-state index in [0.717, 1.165) is 28.4 Å². The third-order valence-electron chi connectivity index (χ3n) is 4.65. The minimum absolute atomic E-state index is 0.113. The summed E-state index contributed by atoms with van der Waals surface area (Å²) in [5, 5.41) is 8.67. The second-order valence-electron chi connectivity index (χ2n) is 6.48. The van der Waals surface area contributed by atoms with E-state index in [4.69, 9.17) is 4.74 Å². The highest BCUT2D eigenvalue weighted by atomic mass is 16.5. The summed E-state index contributed by atoms with van der Waals surface area (Å²) in [7, 11) is 1.67. The molecule has 136 valence electrons. The average Bonchev–Trinajstić information content (AvgIpc) is 3.37. The summed E-state index contributed by atoms with van der Waals surface area (Å²) in [6.45, 7) is 4.07. The van der Waals surface area contributed by atoms with Crippen LogP contribution in [-0.2, 0) is 0 Å². The molecule has 4 rings (SSSR count). The van der Waals surface area contributed by atoms with Crippen LogP contribution in [0.4, 0.5) is 0 Å². The van der Waals surface area contributed by atoms with E-state index in [1.54, 1.807) is 13.4 Å². The average molecular weight is 359 g/mol. The maximum Gasteiger partial charge on any atom is 0.143 e. The molecule has 0 fully saturated rings. The molecule has 0 bridgehead atoms. The monoisotopic (exact) mass is 359 g/mol. The molecule has 1 unspecified atom stereocenters. The Labute approximate surface area is 158 Å². The summed E-state index contributed by atoms with van der Waals surface area (Å²) in [4.78, 5) is 4.28. The van der Waals surface area contributed by atoms with Gasteiger partial charge in [-0.05, 0) is 31.5 Å². The number of aryl methyl sites for hydroxylation is 1. The zero-order valence-electron chi connectivity index (χ0n) is 15.6. The molecule has 0 aliphatic heterocycles. The van der Waals surface area contributed by atoms with Crippen LogP contribution in [0, 0.1) is 6.92 Å². The maximum absolute atomic E-state index is 5.59. The molecule has 2 heterocycles. The van der Waals surface area contributed by atoms with E-state index in [1.165, 1.54) is 5.56 Å². The smallest absolute Gasteiger partial charge is 0.143 e. The van der Waals surface area contributed by atoms with Gasteiger partial charge in [-0.3, -0.25) is 0 Å². The fourth-order valence-electron chi connectivity index (χ4n) is 3.09. The highest BCUT2D eigenvalue weighted by Gasteiger charge is 2.13. The largest absolute Gasteiger partial charge is 0.495 e. The third-order valence-corrected chi connectivity index (χ3v) is 4.65. The molecule has 0 aliphatic carbocycles. The van der Waals surface area contributed by atoms with Crippen LogP contribution in [0.2, 0.25) is 0 Å². The van der Waals surface area contributed by atoms with Crippen molar-refractivity contribution < 1.29 is 4.74 Å². The molecule has 2 aromatic carbocycles. The third kappa shape index (κ3) is 3.33. The Morgan fingerprint density at radius 1 is 1.04 bits per heavy atom.